The van der Waals surface area contributed by atoms with Crippen LogP contribution in [-0.4, -0.2) is 19.8 Å². The van der Waals surface area contributed by atoms with Crippen molar-refractivity contribution in [3.63, 3.8) is 0 Å². The van der Waals surface area contributed by atoms with Gasteiger partial charge in [-0.05, 0) is 31.6 Å². The van der Waals surface area contributed by atoms with Gasteiger partial charge in [-0.3, -0.25) is 0 Å². The predicted octanol–water partition coefficient (Wildman–Crippen LogP) is 1.93. The maximum atomic E-state index is 5.83. The van der Waals surface area contributed by atoms with Crippen molar-refractivity contribution in [3.05, 3.63) is 0 Å². The molecule has 0 aromatic carbocycles. The first-order chi connectivity index (χ1) is 5.83. The zero-order chi connectivity index (χ0) is 8.81. The summed E-state index contributed by atoms with van der Waals surface area (Å²) >= 11 is 0. The third-order valence-electron chi connectivity index (χ3n) is 2.79. The molecule has 2 heteroatoms. The Morgan fingerprint density at radius 3 is 2.75 bits per heavy atom. The largest absolute Gasteiger partial charge is 0.385 e. The summed E-state index contributed by atoms with van der Waals surface area (Å²) < 4.78 is 5.00. The maximum Gasteiger partial charge on any atom is 0.0462 e. The Labute approximate surface area is 75.5 Å². The lowest BCUT2D eigenvalue weighted by Crippen LogP contribution is -2.14. The van der Waals surface area contributed by atoms with Gasteiger partial charge in [-0.1, -0.05) is 12.8 Å². The van der Waals surface area contributed by atoms with Crippen LogP contribution in [0.4, 0.5) is 0 Å². The number of hydrogen-bond acceptors (Lipinski definition) is 2. The minimum atomic E-state index is 0.498. The van der Waals surface area contributed by atoms with E-state index in [-0.39, 0.29) is 0 Å². The fourth-order valence-electron chi connectivity index (χ4n) is 2.06. The van der Waals surface area contributed by atoms with Gasteiger partial charge in [0, 0.05) is 19.8 Å². The smallest absolute Gasteiger partial charge is 0.0462 e. The molecule has 1 aliphatic rings. The molecule has 0 spiro atoms. The third-order valence-corrected chi connectivity index (χ3v) is 2.79. The second kappa shape index (κ2) is 5.55. The lowest BCUT2D eigenvalue weighted by Gasteiger charge is -2.08. The Balaban J connectivity index is 1.93. The van der Waals surface area contributed by atoms with Crippen molar-refractivity contribution in [2.75, 3.05) is 13.7 Å². The van der Waals surface area contributed by atoms with E-state index in [9.17, 15) is 0 Å². The van der Waals surface area contributed by atoms with E-state index in [1.807, 2.05) is 0 Å². The predicted molar refractivity (Wildman–Crippen MR) is 51.0 cm³/mol. The summed E-state index contributed by atoms with van der Waals surface area (Å²) in [7, 11) is 1.77. The SMILES string of the molecule is COCCCCC1CCC(N)C1. The van der Waals surface area contributed by atoms with Crippen molar-refractivity contribution < 1.29 is 4.74 Å². The van der Waals surface area contributed by atoms with E-state index in [0.29, 0.717) is 6.04 Å². The van der Waals surface area contributed by atoms with Crippen molar-refractivity contribution in [2.24, 2.45) is 11.7 Å². The van der Waals surface area contributed by atoms with E-state index in [4.69, 9.17) is 10.5 Å². The van der Waals surface area contributed by atoms with Gasteiger partial charge in [0.1, 0.15) is 0 Å². The fraction of sp³-hybridized carbons (Fsp3) is 1.00. The Kier molecular flexibility index (Phi) is 4.62. The molecule has 0 heterocycles. The average molecular weight is 171 g/mol. The molecule has 2 atom stereocenters. The minimum absolute atomic E-state index is 0.498. The van der Waals surface area contributed by atoms with Crippen LogP contribution in [0.15, 0.2) is 0 Å². The van der Waals surface area contributed by atoms with Crippen LogP contribution in [0, 0.1) is 5.92 Å². The monoisotopic (exact) mass is 171 g/mol. The highest BCUT2D eigenvalue weighted by atomic mass is 16.5. The van der Waals surface area contributed by atoms with Gasteiger partial charge < -0.3 is 10.5 Å². The summed E-state index contributed by atoms with van der Waals surface area (Å²) in [6, 6.07) is 0.498. The van der Waals surface area contributed by atoms with Crippen molar-refractivity contribution in [2.45, 2.75) is 44.6 Å². The van der Waals surface area contributed by atoms with Gasteiger partial charge in [0.05, 0.1) is 0 Å². The molecule has 0 radical (unpaired) electrons. The standard InChI is InChI=1S/C10H21NO/c1-12-7-3-2-4-9-5-6-10(11)8-9/h9-10H,2-8,11H2,1H3. The molecule has 1 fully saturated rings. The van der Waals surface area contributed by atoms with Gasteiger partial charge in [0.25, 0.3) is 0 Å². The molecule has 1 aliphatic carbocycles. The number of hydrogen-bond donors (Lipinski definition) is 1. The molecule has 0 aromatic heterocycles. The molecule has 0 amide bonds. The molecular formula is C10H21NO. The number of methoxy groups -OCH3 is 1. The molecule has 0 aromatic rings. The van der Waals surface area contributed by atoms with Gasteiger partial charge in [-0.25, -0.2) is 0 Å². The van der Waals surface area contributed by atoms with Crippen LogP contribution in [0.2, 0.25) is 0 Å². The summed E-state index contributed by atoms with van der Waals surface area (Å²) in [5.41, 5.74) is 5.83. The molecule has 1 saturated carbocycles. The van der Waals surface area contributed by atoms with Crippen LogP contribution < -0.4 is 5.73 Å². The Morgan fingerprint density at radius 1 is 1.33 bits per heavy atom. The lowest BCUT2D eigenvalue weighted by molar-refractivity contribution is 0.190. The summed E-state index contributed by atoms with van der Waals surface area (Å²) in [4.78, 5) is 0. The van der Waals surface area contributed by atoms with E-state index in [2.05, 4.69) is 0 Å². The van der Waals surface area contributed by atoms with Gasteiger partial charge >= 0.3 is 0 Å². The van der Waals surface area contributed by atoms with E-state index >= 15 is 0 Å². The number of rotatable bonds is 5. The van der Waals surface area contributed by atoms with Crippen LogP contribution in [0.5, 0.6) is 0 Å². The average Bonchev–Trinajstić information content (AvgIpc) is 2.45. The number of nitrogens with two attached hydrogens (primary N) is 1. The molecule has 2 nitrogen and oxygen atoms in total. The van der Waals surface area contributed by atoms with Crippen molar-refractivity contribution >= 4 is 0 Å². The highest BCUT2D eigenvalue weighted by Crippen LogP contribution is 2.28. The van der Waals surface area contributed by atoms with E-state index in [1.54, 1.807) is 7.11 Å². The lowest BCUT2D eigenvalue weighted by atomic mass is 10.0. The molecule has 2 unspecified atom stereocenters. The fourth-order valence-corrected chi connectivity index (χ4v) is 2.06. The summed E-state index contributed by atoms with van der Waals surface area (Å²) in [6.45, 7) is 0.915. The van der Waals surface area contributed by atoms with Crippen LogP contribution in [-0.2, 0) is 4.74 Å². The van der Waals surface area contributed by atoms with Gasteiger partial charge in [0.15, 0.2) is 0 Å². The topological polar surface area (TPSA) is 35.2 Å². The van der Waals surface area contributed by atoms with Crippen molar-refractivity contribution in [1.29, 1.82) is 0 Å². The van der Waals surface area contributed by atoms with Crippen molar-refractivity contribution in [1.82, 2.24) is 0 Å². The molecule has 0 aliphatic heterocycles. The Hall–Kier alpha value is -0.0800. The Bertz CT molecular complexity index is 116. The highest BCUT2D eigenvalue weighted by Gasteiger charge is 2.20. The van der Waals surface area contributed by atoms with Gasteiger partial charge in [-0.15, -0.1) is 0 Å². The van der Waals surface area contributed by atoms with E-state index in [0.717, 1.165) is 12.5 Å². The molecular weight excluding hydrogens is 150 g/mol. The van der Waals surface area contributed by atoms with Gasteiger partial charge in [-0.2, -0.15) is 0 Å². The molecule has 0 saturated heterocycles. The van der Waals surface area contributed by atoms with E-state index in [1.165, 1.54) is 38.5 Å². The second-order valence-electron chi connectivity index (χ2n) is 3.93. The zero-order valence-electron chi connectivity index (χ0n) is 8.09. The first kappa shape index (κ1) is 10.0. The molecule has 2 N–H and O–H groups in total. The molecule has 72 valence electrons. The summed E-state index contributed by atoms with van der Waals surface area (Å²) in [5, 5.41) is 0. The first-order valence-corrected chi connectivity index (χ1v) is 5.07. The minimum Gasteiger partial charge on any atom is -0.385 e. The third kappa shape index (κ3) is 3.55. The quantitative estimate of drug-likeness (QED) is 0.641. The van der Waals surface area contributed by atoms with Crippen LogP contribution in [0.3, 0.4) is 0 Å². The van der Waals surface area contributed by atoms with Crippen LogP contribution >= 0.6 is 0 Å². The molecule has 12 heavy (non-hydrogen) atoms. The van der Waals surface area contributed by atoms with Gasteiger partial charge in [0.2, 0.25) is 0 Å². The van der Waals surface area contributed by atoms with Crippen LogP contribution in [0.25, 0.3) is 0 Å². The second-order valence-corrected chi connectivity index (χ2v) is 3.93. The molecule has 0 bridgehead atoms. The first-order valence-electron chi connectivity index (χ1n) is 5.07. The summed E-state index contributed by atoms with van der Waals surface area (Å²) in [6.07, 6.45) is 7.74. The summed E-state index contributed by atoms with van der Waals surface area (Å²) in [5.74, 6) is 0.914. The number of ether oxygens (including phenoxy) is 1. The molecule has 1 rings (SSSR count). The number of unbranched alkanes of at least 4 members (excludes halogenated alkanes) is 1. The van der Waals surface area contributed by atoms with Crippen LogP contribution in [0.1, 0.15) is 38.5 Å². The zero-order valence-corrected chi connectivity index (χ0v) is 8.09. The van der Waals surface area contributed by atoms with Crippen molar-refractivity contribution in [3.8, 4) is 0 Å². The Morgan fingerprint density at radius 2 is 2.17 bits per heavy atom. The maximum absolute atomic E-state index is 5.83. The highest BCUT2D eigenvalue weighted by molar-refractivity contribution is 4.77. The normalized spacial score (nSPS) is 29.5. The van der Waals surface area contributed by atoms with E-state index < -0.39 is 0 Å².